The van der Waals surface area contributed by atoms with Crippen molar-refractivity contribution in [3.05, 3.63) is 88.4 Å². The van der Waals surface area contributed by atoms with Crippen molar-refractivity contribution in [2.24, 2.45) is 5.41 Å². The Morgan fingerprint density at radius 3 is 2.33 bits per heavy atom. The molecule has 4 amide bonds. The predicted molar refractivity (Wildman–Crippen MR) is 188 cm³/mol. The molecule has 1 aliphatic rings. The van der Waals surface area contributed by atoms with Gasteiger partial charge in [-0.15, -0.1) is 0 Å². The number of halogens is 1. The number of urea groups is 1. The van der Waals surface area contributed by atoms with E-state index in [1.165, 1.54) is 4.90 Å². The molecule has 0 aliphatic carbocycles. The number of aryl methyl sites for hydroxylation is 2. The number of nitrogens with one attached hydrogen (secondary N) is 2. The van der Waals surface area contributed by atoms with Crippen LogP contribution in [0.1, 0.15) is 57.7 Å². The second kappa shape index (κ2) is 16.3. The van der Waals surface area contributed by atoms with Crippen LogP contribution in [-0.2, 0) is 30.4 Å². The standard InChI is InChI=1S/C37H45ClN4O7/c1-8-30(49-29-18-15-23(3)19-24(29)4)48-22-39-26-16-17-27(38)28(20-26)40-33(44)31(32(43)37(5,6)7)42-34(45)35(47-9-2)41(36(42)46)21-25-13-11-10-12-14-25/h10-20,30-31,35,39H,8-9,21-22H2,1-7H3,(H,40,44). The van der Waals surface area contributed by atoms with E-state index in [-0.39, 0.29) is 30.6 Å². The molecule has 1 saturated heterocycles. The van der Waals surface area contributed by atoms with Gasteiger partial charge in [0.05, 0.1) is 17.3 Å². The number of carbonyl (C=O) groups excluding carboxylic acids is 4. The van der Waals surface area contributed by atoms with Crippen molar-refractivity contribution in [1.29, 1.82) is 0 Å². The van der Waals surface area contributed by atoms with E-state index in [4.69, 9.17) is 25.8 Å². The molecular formula is C37H45ClN4O7. The third kappa shape index (κ3) is 9.17. The molecule has 0 saturated carbocycles. The van der Waals surface area contributed by atoms with Crippen LogP contribution in [-0.4, -0.2) is 65.3 Å². The zero-order chi connectivity index (χ0) is 35.9. The highest BCUT2D eigenvalue weighted by Crippen LogP contribution is 2.31. The van der Waals surface area contributed by atoms with Gasteiger partial charge >= 0.3 is 6.03 Å². The average molecular weight is 693 g/mol. The minimum atomic E-state index is -1.78. The highest BCUT2D eigenvalue weighted by molar-refractivity contribution is 6.34. The molecule has 0 bridgehead atoms. The van der Waals surface area contributed by atoms with Crippen LogP contribution in [0.25, 0.3) is 0 Å². The number of hydrogen-bond acceptors (Lipinski definition) is 8. The summed E-state index contributed by atoms with van der Waals surface area (Å²) in [5.74, 6) is -1.58. The largest absolute Gasteiger partial charge is 0.465 e. The van der Waals surface area contributed by atoms with Gasteiger partial charge in [0.15, 0.2) is 11.8 Å². The maximum atomic E-state index is 14.0. The molecule has 0 aromatic heterocycles. The zero-order valence-corrected chi connectivity index (χ0v) is 29.8. The number of benzene rings is 3. The molecule has 1 aliphatic heterocycles. The summed E-state index contributed by atoms with van der Waals surface area (Å²) in [5, 5.41) is 6.00. The Bertz CT molecular complexity index is 1660. The fourth-order valence-electron chi connectivity index (χ4n) is 5.29. The number of rotatable bonds is 15. The zero-order valence-electron chi connectivity index (χ0n) is 29.0. The molecule has 262 valence electrons. The van der Waals surface area contributed by atoms with Crippen LogP contribution >= 0.6 is 11.6 Å². The maximum Gasteiger partial charge on any atom is 0.330 e. The number of anilines is 2. The van der Waals surface area contributed by atoms with Gasteiger partial charge < -0.3 is 24.8 Å². The minimum Gasteiger partial charge on any atom is -0.465 e. The molecule has 3 atom stereocenters. The van der Waals surface area contributed by atoms with Gasteiger partial charge in [0.2, 0.25) is 12.5 Å². The fourth-order valence-corrected chi connectivity index (χ4v) is 5.46. The first kappa shape index (κ1) is 37.4. The van der Waals surface area contributed by atoms with Crippen molar-refractivity contribution in [2.45, 2.75) is 80.0 Å². The van der Waals surface area contributed by atoms with E-state index >= 15 is 0 Å². The second-order valence-corrected chi connectivity index (χ2v) is 13.2. The molecule has 2 N–H and O–H groups in total. The van der Waals surface area contributed by atoms with Gasteiger partial charge in [-0.3, -0.25) is 19.3 Å². The summed E-state index contributed by atoms with van der Waals surface area (Å²) in [6, 6.07) is 17.3. The van der Waals surface area contributed by atoms with Crippen molar-refractivity contribution in [3.63, 3.8) is 0 Å². The monoisotopic (exact) mass is 692 g/mol. The molecule has 1 fully saturated rings. The lowest BCUT2D eigenvalue weighted by Crippen LogP contribution is -2.55. The normalized spacial score (nSPS) is 16.0. The van der Waals surface area contributed by atoms with Crippen molar-refractivity contribution in [2.75, 3.05) is 24.0 Å². The number of nitrogens with zero attached hydrogens (tertiary/aromatic N) is 2. The van der Waals surface area contributed by atoms with Crippen LogP contribution in [0.2, 0.25) is 5.02 Å². The van der Waals surface area contributed by atoms with Gasteiger partial charge in [0.1, 0.15) is 12.5 Å². The number of ether oxygens (including phenoxy) is 3. The Kier molecular flexibility index (Phi) is 12.4. The number of Topliss-reactive ketones (excluding diaryl/α,β-unsaturated/α-hetero) is 1. The number of imide groups is 1. The summed E-state index contributed by atoms with van der Waals surface area (Å²) in [4.78, 5) is 57.3. The van der Waals surface area contributed by atoms with Crippen LogP contribution in [0.4, 0.5) is 16.2 Å². The van der Waals surface area contributed by atoms with Crippen LogP contribution in [0.3, 0.4) is 0 Å². The third-order valence-corrected chi connectivity index (χ3v) is 8.22. The van der Waals surface area contributed by atoms with E-state index in [1.54, 1.807) is 45.9 Å². The SMILES string of the molecule is CCOC1C(=O)N(C(C(=O)Nc2cc(NCOC(CC)Oc3ccc(C)cc3C)ccc2Cl)C(=O)C(C)(C)C)C(=O)N1Cc1ccccc1. The quantitative estimate of drug-likeness (QED) is 0.100. The first-order chi connectivity index (χ1) is 23.2. The van der Waals surface area contributed by atoms with Gasteiger partial charge in [-0.05, 0) is 56.2 Å². The molecule has 12 heteroatoms. The first-order valence-electron chi connectivity index (χ1n) is 16.3. The average Bonchev–Trinajstić information content (AvgIpc) is 3.27. The first-order valence-corrected chi connectivity index (χ1v) is 16.7. The molecular weight excluding hydrogens is 648 g/mol. The number of amides is 4. The van der Waals surface area contributed by atoms with Crippen LogP contribution in [0.15, 0.2) is 66.7 Å². The second-order valence-electron chi connectivity index (χ2n) is 12.8. The molecule has 0 spiro atoms. The van der Waals surface area contributed by atoms with Gasteiger partial charge in [-0.25, -0.2) is 9.69 Å². The van der Waals surface area contributed by atoms with E-state index in [0.717, 1.165) is 22.4 Å². The molecule has 3 aromatic carbocycles. The van der Waals surface area contributed by atoms with E-state index in [0.29, 0.717) is 17.0 Å². The highest BCUT2D eigenvalue weighted by Gasteiger charge is 2.54. The van der Waals surface area contributed by atoms with E-state index < -0.39 is 47.6 Å². The Balaban J connectivity index is 1.52. The summed E-state index contributed by atoms with van der Waals surface area (Å²) in [6.07, 6.45) is -1.22. The van der Waals surface area contributed by atoms with Gasteiger partial charge in [0.25, 0.3) is 11.8 Å². The Labute approximate surface area is 292 Å². The van der Waals surface area contributed by atoms with Crippen LogP contribution in [0.5, 0.6) is 5.75 Å². The molecule has 3 unspecified atom stereocenters. The summed E-state index contributed by atoms with van der Waals surface area (Å²) in [5.41, 5.74) is 2.53. The summed E-state index contributed by atoms with van der Waals surface area (Å²) in [7, 11) is 0. The van der Waals surface area contributed by atoms with Crippen LogP contribution in [0, 0.1) is 19.3 Å². The number of hydrogen-bond donors (Lipinski definition) is 2. The topological polar surface area (TPSA) is 127 Å². The van der Waals surface area contributed by atoms with Crippen molar-refractivity contribution >= 4 is 46.6 Å². The summed E-state index contributed by atoms with van der Waals surface area (Å²) in [6.45, 7) is 12.7. The Hall–Kier alpha value is -4.45. The van der Waals surface area contributed by atoms with Gasteiger partial charge in [-0.2, -0.15) is 0 Å². The van der Waals surface area contributed by atoms with E-state index in [1.807, 2.05) is 69.3 Å². The summed E-state index contributed by atoms with van der Waals surface area (Å²) >= 11 is 6.48. The van der Waals surface area contributed by atoms with Crippen molar-refractivity contribution in [3.8, 4) is 5.75 Å². The predicted octanol–water partition coefficient (Wildman–Crippen LogP) is 6.91. The highest BCUT2D eigenvalue weighted by atomic mass is 35.5. The molecule has 3 aromatic rings. The lowest BCUT2D eigenvalue weighted by molar-refractivity contribution is -0.149. The van der Waals surface area contributed by atoms with Crippen molar-refractivity contribution < 1.29 is 33.4 Å². The molecule has 4 rings (SSSR count). The number of carbonyl (C=O) groups is 4. The lowest BCUT2D eigenvalue weighted by Gasteiger charge is -2.29. The maximum absolute atomic E-state index is 14.0. The Morgan fingerprint density at radius 2 is 1.69 bits per heavy atom. The molecule has 0 radical (unpaired) electrons. The van der Waals surface area contributed by atoms with Crippen LogP contribution < -0.4 is 15.4 Å². The summed E-state index contributed by atoms with van der Waals surface area (Å²) < 4.78 is 17.6. The van der Waals surface area contributed by atoms with Gasteiger partial charge in [-0.1, -0.05) is 87.3 Å². The van der Waals surface area contributed by atoms with E-state index in [9.17, 15) is 19.2 Å². The van der Waals surface area contributed by atoms with Crippen molar-refractivity contribution in [1.82, 2.24) is 9.80 Å². The molecule has 1 heterocycles. The smallest absolute Gasteiger partial charge is 0.330 e. The fraction of sp³-hybridized carbons (Fsp3) is 0.405. The third-order valence-electron chi connectivity index (χ3n) is 7.89. The Morgan fingerprint density at radius 1 is 0.980 bits per heavy atom. The van der Waals surface area contributed by atoms with Gasteiger partial charge in [0, 0.05) is 24.1 Å². The number of ketones is 1. The molecule has 11 nitrogen and oxygen atoms in total. The lowest BCUT2D eigenvalue weighted by atomic mass is 9.85. The molecule has 49 heavy (non-hydrogen) atoms. The van der Waals surface area contributed by atoms with E-state index in [2.05, 4.69) is 10.6 Å². The minimum absolute atomic E-state index is 0.0425.